The summed E-state index contributed by atoms with van der Waals surface area (Å²) in [5.41, 5.74) is -0.283. The first-order valence-corrected chi connectivity index (χ1v) is 8.69. The van der Waals surface area contributed by atoms with Gasteiger partial charge in [0.1, 0.15) is 0 Å². The summed E-state index contributed by atoms with van der Waals surface area (Å²) in [6, 6.07) is 4.01. The molecule has 0 heterocycles. The molecule has 1 aromatic carbocycles. The zero-order valence-electron chi connectivity index (χ0n) is 12.8. The Morgan fingerprint density at radius 3 is 2.42 bits per heavy atom. The van der Waals surface area contributed by atoms with Gasteiger partial charge >= 0.3 is 5.97 Å². The topological polar surface area (TPSA) is 133 Å². The van der Waals surface area contributed by atoms with E-state index in [1.807, 2.05) is 0 Å². The minimum Gasteiger partial charge on any atom is -0.464 e. The lowest BCUT2D eigenvalue weighted by Crippen LogP contribution is -2.40. The minimum absolute atomic E-state index is 0.00760. The molecule has 0 saturated heterocycles. The first-order valence-electron chi connectivity index (χ1n) is 7.28. The van der Waals surface area contributed by atoms with Crippen molar-refractivity contribution in [1.29, 1.82) is 0 Å². The van der Waals surface area contributed by atoms with Crippen molar-refractivity contribution in [2.75, 3.05) is 6.61 Å². The number of nitro groups is 1. The molecular weight excluding hydrogens is 342 g/mol. The number of carbonyl (C=O) groups is 1. The maximum absolute atomic E-state index is 12.3. The fourth-order valence-electron chi connectivity index (χ4n) is 2.07. The molecule has 0 amide bonds. The molecule has 1 saturated carbocycles. The summed E-state index contributed by atoms with van der Waals surface area (Å²) in [4.78, 5) is 21.5. The molecule has 132 valence electrons. The fourth-order valence-corrected chi connectivity index (χ4v) is 3.12. The largest absolute Gasteiger partial charge is 0.464 e. The van der Waals surface area contributed by atoms with E-state index in [-0.39, 0.29) is 23.1 Å². The summed E-state index contributed by atoms with van der Waals surface area (Å²) in [6.45, 7) is 1.55. The molecule has 2 rings (SSSR count). The zero-order valence-corrected chi connectivity index (χ0v) is 13.6. The van der Waals surface area contributed by atoms with Crippen LogP contribution in [-0.4, -0.2) is 43.2 Å². The monoisotopic (exact) mass is 359 g/mol. The summed E-state index contributed by atoms with van der Waals surface area (Å²) >= 11 is 0. The smallest absolute Gasteiger partial charge is 0.339 e. The minimum atomic E-state index is -4.40. The third kappa shape index (κ3) is 4.28. The first-order chi connectivity index (χ1) is 11.3. The standard InChI is InChI=1S/C14H17NO8S/c1-2-22-14(17)13(12(16)9-3-4-9)23-24(20,21)11-7-5-10(6-8-11)15(18)19/h5-9,12-13,16H,2-4H2,1H3/t12-,13+/m1/s1. The fraction of sp³-hybridized carbons (Fsp3) is 0.500. The van der Waals surface area contributed by atoms with Crippen molar-refractivity contribution < 1.29 is 32.2 Å². The normalized spacial score (nSPS) is 17.1. The van der Waals surface area contributed by atoms with Crippen LogP contribution >= 0.6 is 0 Å². The Morgan fingerprint density at radius 1 is 1.38 bits per heavy atom. The van der Waals surface area contributed by atoms with Gasteiger partial charge in [0, 0.05) is 12.1 Å². The lowest BCUT2D eigenvalue weighted by atomic mass is 10.1. The highest BCUT2D eigenvalue weighted by molar-refractivity contribution is 7.86. The molecule has 1 N–H and O–H groups in total. The van der Waals surface area contributed by atoms with Gasteiger partial charge in [-0.05, 0) is 37.8 Å². The van der Waals surface area contributed by atoms with Gasteiger partial charge in [-0.1, -0.05) is 0 Å². The van der Waals surface area contributed by atoms with Gasteiger partial charge < -0.3 is 9.84 Å². The van der Waals surface area contributed by atoms with Crippen molar-refractivity contribution in [3.05, 3.63) is 34.4 Å². The number of benzene rings is 1. The maximum atomic E-state index is 12.3. The van der Waals surface area contributed by atoms with Crippen molar-refractivity contribution >= 4 is 21.8 Å². The number of hydrogen-bond acceptors (Lipinski definition) is 8. The van der Waals surface area contributed by atoms with Gasteiger partial charge in [0.05, 0.1) is 22.5 Å². The van der Waals surface area contributed by atoms with Crippen LogP contribution in [0.4, 0.5) is 5.69 Å². The molecule has 0 aliphatic heterocycles. The van der Waals surface area contributed by atoms with E-state index in [9.17, 15) is 28.4 Å². The van der Waals surface area contributed by atoms with Crippen molar-refractivity contribution in [2.45, 2.75) is 36.9 Å². The lowest BCUT2D eigenvalue weighted by molar-refractivity contribution is -0.384. The Labute approximate surface area is 138 Å². The summed E-state index contributed by atoms with van der Waals surface area (Å²) in [5.74, 6) is -1.19. The van der Waals surface area contributed by atoms with Crippen molar-refractivity contribution in [3.8, 4) is 0 Å². The molecule has 24 heavy (non-hydrogen) atoms. The first kappa shape index (κ1) is 18.3. The van der Waals surface area contributed by atoms with Crippen LogP contribution in [0.3, 0.4) is 0 Å². The quantitative estimate of drug-likeness (QED) is 0.314. The van der Waals surface area contributed by atoms with Gasteiger partial charge in [-0.3, -0.25) is 10.1 Å². The maximum Gasteiger partial charge on any atom is 0.339 e. The number of aliphatic hydroxyl groups is 1. The van der Waals surface area contributed by atoms with Gasteiger partial charge in [0.15, 0.2) is 0 Å². The molecule has 9 nitrogen and oxygen atoms in total. The molecule has 1 aliphatic rings. The second-order valence-electron chi connectivity index (χ2n) is 5.30. The highest BCUT2D eigenvalue weighted by Crippen LogP contribution is 2.35. The van der Waals surface area contributed by atoms with E-state index >= 15 is 0 Å². The molecule has 0 spiro atoms. The van der Waals surface area contributed by atoms with Gasteiger partial charge in [-0.15, -0.1) is 0 Å². The number of hydrogen-bond donors (Lipinski definition) is 1. The molecule has 1 aliphatic carbocycles. The Bertz CT molecular complexity index is 711. The van der Waals surface area contributed by atoms with Crippen LogP contribution < -0.4 is 0 Å². The van der Waals surface area contributed by atoms with Crippen molar-refractivity contribution in [1.82, 2.24) is 0 Å². The predicted molar refractivity (Wildman–Crippen MR) is 80.5 cm³/mol. The van der Waals surface area contributed by atoms with Crippen LogP contribution in [0.1, 0.15) is 19.8 Å². The van der Waals surface area contributed by atoms with Crippen molar-refractivity contribution in [3.63, 3.8) is 0 Å². The third-order valence-electron chi connectivity index (χ3n) is 3.50. The van der Waals surface area contributed by atoms with Gasteiger partial charge in [0.2, 0.25) is 6.10 Å². The van der Waals surface area contributed by atoms with E-state index in [0.29, 0.717) is 12.8 Å². The second-order valence-corrected chi connectivity index (χ2v) is 6.87. The van der Waals surface area contributed by atoms with Crippen LogP contribution in [0.15, 0.2) is 29.2 Å². The number of carbonyl (C=O) groups excluding carboxylic acids is 1. The second kappa shape index (κ2) is 7.24. The van der Waals surface area contributed by atoms with Gasteiger partial charge in [-0.25, -0.2) is 8.98 Å². The Balaban J connectivity index is 2.22. The SMILES string of the molecule is CCOC(=O)[C@@H](OS(=O)(=O)c1ccc([N+](=O)[O-])cc1)[C@H](O)C1CC1. The van der Waals surface area contributed by atoms with Gasteiger partial charge in [-0.2, -0.15) is 8.42 Å². The number of aliphatic hydroxyl groups excluding tert-OH is 1. The van der Waals surface area contributed by atoms with E-state index < -0.39 is 33.2 Å². The highest BCUT2D eigenvalue weighted by atomic mass is 32.2. The number of non-ortho nitro benzene ring substituents is 1. The number of rotatable bonds is 8. The van der Waals surface area contributed by atoms with Crippen molar-refractivity contribution in [2.24, 2.45) is 5.92 Å². The lowest BCUT2D eigenvalue weighted by Gasteiger charge is -2.21. The van der Waals surface area contributed by atoms with Crippen LogP contribution in [0.25, 0.3) is 0 Å². The van der Waals surface area contributed by atoms with Crippen LogP contribution in [0.2, 0.25) is 0 Å². The molecule has 0 bridgehead atoms. The zero-order chi connectivity index (χ0) is 17.9. The third-order valence-corrected chi connectivity index (χ3v) is 4.81. The predicted octanol–water partition coefficient (Wildman–Crippen LogP) is 1.00. The van der Waals surface area contributed by atoms with Crippen LogP contribution in [-0.2, 0) is 23.8 Å². The summed E-state index contributed by atoms with van der Waals surface area (Å²) in [7, 11) is -4.40. The summed E-state index contributed by atoms with van der Waals surface area (Å²) < 4.78 is 34.2. The van der Waals surface area contributed by atoms with E-state index in [4.69, 9.17) is 8.92 Å². The Kier molecular flexibility index (Phi) is 5.52. The van der Waals surface area contributed by atoms with E-state index in [1.54, 1.807) is 6.92 Å². The van der Waals surface area contributed by atoms with Crippen LogP contribution in [0, 0.1) is 16.0 Å². The van der Waals surface area contributed by atoms with Crippen LogP contribution in [0.5, 0.6) is 0 Å². The van der Waals surface area contributed by atoms with E-state index in [1.165, 1.54) is 0 Å². The number of ether oxygens (including phenoxy) is 1. The average molecular weight is 359 g/mol. The number of nitro benzene ring substituents is 1. The van der Waals surface area contributed by atoms with Gasteiger partial charge in [0.25, 0.3) is 15.8 Å². The molecule has 0 aromatic heterocycles. The Hall–Kier alpha value is -2.04. The highest BCUT2D eigenvalue weighted by Gasteiger charge is 2.43. The Morgan fingerprint density at radius 2 is 1.96 bits per heavy atom. The summed E-state index contributed by atoms with van der Waals surface area (Å²) in [6.07, 6.45) is -1.63. The van der Waals surface area contributed by atoms with E-state index in [0.717, 1.165) is 24.3 Å². The molecule has 1 fully saturated rings. The molecular formula is C14H17NO8S. The average Bonchev–Trinajstić information content (AvgIpc) is 3.37. The summed E-state index contributed by atoms with van der Waals surface area (Å²) in [5, 5.41) is 20.7. The molecule has 0 radical (unpaired) electrons. The molecule has 10 heteroatoms. The number of esters is 1. The molecule has 0 unspecified atom stereocenters. The molecule has 1 aromatic rings. The molecule has 2 atom stereocenters. The number of nitrogens with zero attached hydrogens (tertiary/aromatic N) is 1. The van der Waals surface area contributed by atoms with E-state index in [2.05, 4.69) is 0 Å².